The first-order valence-electron chi connectivity index (χ1n) is 5.73. The standard InChI is InChI=1S/C11H21BrF3N/c1-4-5-6-7-16(9(2)3)8-10(12)11(13,14)15/h9-10H,4-8H2,1-3H3. The molecule has 1 atom stereocenters. The zero-order valence-electron chi connectivity index (χ0n) is 10.1. The topological polar surface area (TPSA) is 3.24 Å². The predicted molar refractivity (Wildman–Crippen MR) is 65.0 cm³/mol. The Labute approximate surface area is 105 Å². The van der Waals surface area contributed by atoms with Gasteiger partial charge < -0.3 is 0 Å². The van der Waals surface area contributed by atoms with E-state index >= 15 is 0 Å². The van der Waals surface area contributed by atoms with Crippen LogP contribution in [0.15, 0.2) is 0 Å². The van der Waals surface area contributed by atoms with Crippen LogP contribution in [-0.4, -0.2) is 35.0 Å². The van der Waals surface area contributed by atoms with Gasteiger partial charge in [-0.05, 0) is 26.8 Å². The van der Waals surface area contributed by atoms with Gasteiger partial charge in [0, 0.05) is 12.6 Å². The number of hydrogen-bond acceptors (Lipinski definition) is 1. The van der Waals surface area contributed by atoms with E-state index in [1.165, 1.54) is 0 Å². The Morgan fingerprint density at radius 2 is 1.75 bits per heavy atom. The molecule has 0 aliphatic rings. The minimum Gasteiger partial charge on any atom is -0.299 e. The number of halogens is 4. The summed E-state index contributed by atoms with van der Waals surface area (Å²) in [7, 11) is 0. The van der Waals surface area contributed by atoms with E-state index in [1.807, 2.05) is 18.7 Å². The Bertz CT molecular complexity index is 183. The molecule has 0 bridgehead atoms. The van der Waals surface area contributed by atoms with E-state index in [0.717, 1.165) is 25.8 Å². The van der Waals surface area contributed by atoms with Crippen LogP contribution in [-0.2, 0) is 0 Å². The predicted octanol–water partition coefficient (Wildman–Crippen LogP) is 4.21. The number of rotatable bonds is 7. The normalized spacial score (nSPS) is 14.8. The molecule has 0 aromatic carbocycles. The lowest BCUT2D eigenvalue weighted by Crippen LogP contribution is -2.41. The van der Waals surface area contributed by atoms with Gasteiger partial charge in [0.05, 0.1) is 0 Å². The summed E-state index contributed by atoms with van der Waals surface area (Å²) in [4.78, 5) is 0.451. The highest BCUT2D eigenvalue weighted by molar-refractivity contribution is 9.09. The maximum Gasteiger partial charge on any atom is 0.402 e. The van der Waals surface area contributed by atoms with Gasteiger partial charge >= 0.3 is 6.18 Å². The highest BCUT2D eigenvalue weighted by Gasteiger charge is 2.38. The molecule has 0 rings (SSSR count). The molecule has 1 nitrogen and oxygen atoms in total. The first kappa shape index (κ1) is 16.2. The molecular weight excluding hydrogens is 283 g/mol. The third-order valence-electron chi connectivity index (χ3n) is 2.53. The van der Waals surface area contributed by atoms with Gasteiger partial charge in [0.1, 0.15) is 4.83 Å². The lowest BCUT2D eigenvalue weighted by Gasteiger charge is -2.29. The quantitative estimate of drug-likeness (QED) is 0.503. The SMILES string of the molecule is CCCCCN(CC(Br)C(F)(F)F)C(C)C. The largest absolute Gasteiger partial charge is 0.402 e. The van der Waals surface area contributed by atoms with Crippen molar-refractivity contribution in [2.75, 3.05) is 13.1 Å². The summed E-state index contributed by atoms with van der Waals surface area (Å²) in [6.45, 7) is 6.72. The van der Waals surface area contributed by atoms with Gasteiger partial charge in [0.2, 0.25) is 0 Å². The maximum absolute atomic E-state index is 12.4. The number of hydrogen-bond donors (Lipinski definition) is 0. The van der Waals surface area contributed by atoms with Crippen LogP contribution in [0.1, 0.15) is 40.0 Å². The third kappa shape index (κ3) is 6.74. The molecule has 0 N–H and O–H groups in total. The molecule has 0 radical (unpaired) electrons. The van der Waals surface area contributed by atoms with Crippen molar-refractivity contribution in [3.05, 3.63) is 0 Å². The lowest BCUT2D eigenvalue weighted by atomic mass is 10.2. The van der Waals surface area contributed by atoms with Crippen LogP contribution in [0.2, 0.25) is 0 Å². The van der Waals surface area contributed by atoms with Gasteiger partial charge in [0.15, 0.2) is 0 Å². The van der Waals surface area contributed by atoms with Gasteiger partial charge in [-0.15, -0.1) is 0 Å². The van der Waals surface area contributed by atoms with Crippen molar-refractivity contribution in [2.24, 2.45) is 0 Å². The summed E-state index contributed by atoms with van der Waals surface area (Å²) in [5, 5.41) is 0. The summed E-state index contributed by atoms with van der Waals surface area (Å²) in [5.74, 6) is 0. The third-order valence-corrected chi connectivity index (χ3v) is 3.34. The molecule has 0 fully saturated rings. The maximum atomic E-state index is 12.4. The summed E-state index contributed by atoms with van der Waals surface area (Å²) in [6, 6.07) is 0.152. The van der Waals surface area contributed by atoms with E-state index in [0.29, 0.717) is 0 Å². The van der Waals surface area contributed by atoms with E-state index in [4.69, 9.17) is 0 Å². The van der Waals surface area contributed by atoms with Crippen LogP contribution >= 0.6 is 15.9 Å². The van der Waals surface area contributed by atoms with Crippen molar-refractivity contribution in [1.29, 1.82) is 0 Å². The Balaban J connectivity index is 4.12. The van der Waals surface area contributed by atoms with Crippen LogP contribution in [0.25, 0.3) is 0 Å². The fraction of sp³-hybridized carbons (Fsp3) is 1.00. The minimum atomic E-state index is -4.15. The van der Waals surface area contributed by atoms with Crippen molar-refractivity contribution in [1.82, 2.24) is 4.90 Å². The summed E-state index contributed by atoms with van der Waals surface area (Å²) in [6.07, 6.45) is -1.03. The first-order valence-corrected chi connectivity index (χ1v) is 6.65. The average Bonchev–Trinajstić information content (AvgIpc) is 2.14. The first-order chi connectivity index (χ1) is 7.29. The van der Waals surface area contributed by atoms with Crippen LogP contribution < -0.4 is 0 Å². The summed E-state index contributed by atoms with van der Waals surface area (Å²) < 4.78 is 37.2. The minimum absolute atomic E-state index is 0.0326. The number of nitrogens with zero attached hydrogens (tertiary/aromatic N) is 1. The Morgan fingerprint density at radius 1 is 1.19 bits per heavy atom. The second-order valence-electron chi connectivity index (χ2n) is 4.30. The van der Waals surface area contributed by atoms with Crippen molar-refractivity contribution in [3.63, 3.8) is 0 Å². The highest BCUT2D eigenvalue weighted by atomic mass is 79.9. The molecule has 16 heavy (non-hydrogen) atoms. The molecule has 1 unspecified atom stereocenters. The van der Waals surface area contributed by atoms with Crippen LogP contribution in [0, 0.1) is 0 Å². The summed E-state index contributed by atoms with van der Waals surface area (Å²) >= 11 is 2.71. The average molecular weight is 304 g/mol. The molecule has 5 heteroatoms. The molecule has 0 aromatic rings. The molecule has 0 spiro atoms. The number of alkyl halides is 4. The molecule has 0 heterocycles. The molecular formula is C11H21BrF3N. The molecule has 0 amide bonds. The Kier molecular flexibility index (Phi) is 7.64. The molecule has 0 saturated heterocycles. The molecule has 0 aliphatic heterocycles. The van der Waals surface area contributed by atoms with E-state index in [2.05, 4.69) is 22.9 Å². The van der Waals surface area contributed by atoms with Crippen molar-refractivity contribution in [3.8, 4) is 0 Å². The van der Waals surface area contributed by atoms with Crippen molar-refractivity contribution < 1.29 is 13.2 Å². The molecule has 0 aliphatic carbocycles. The van der Waals surface area contributed by atoms with E-state index in [-0.39, 0.29) is 12.6 Å². The van der Waals surface area contributed by atoms with Gasteiger partial charge in [-0.25, -0.2) is 0 Å². The van der Waals surface area contributed by atoms with Gasteiger partial charge in [0.25, 0.3) is 0 Å². The molecule has 0 saturated carbocycles. The van der Waals surface area contributed by atoms with Crippen molar-refractivity contribution >= 4 is 15.9 Å². The smallest absolute Gasteiger partial charge is 0.299 e. The highest BCUT2D eigenvalue weighted by Crippen LogP contribution is 2.27. The van der Waals surface area contributed by atoms with Crippen LogP contribution in [0.4, 0.5) is 13.2 Å². The fourth-order valence-corrected chi connectivity index (χ4v) is 1.81. The molecule has 0 aromatic heterocycles. The van der Waals surface area contributed by atoms with E-state index in [9.17, 15) is 13.2 Å². The van der Waals surface area contributed by atoms with Crippen LogP contribution in [0.5, 0.6) is 0 Å². The Hall–Kier alpha value is 0.230. The van der Waals surface area contributed by atoms with Gasteiger partial charge in [-0.2, -0.15) is 13.2 Å². The second-order valence-corrected chi connectivity index (χ2v) is 5.41. The number of unbranched alkanes of at least 4 members (excludes halogenated alkanes) is 2. The lowest BCUT2D eigenvalue weighted by molar-refractivity contribution is -0.131. The fourth-order valence-electron chi connectivity index (χ4n) is 1.43. The summed E-state index contributed by atoms with van der Waals surface area (Å²) in [5.41, 5.74) is 0. The van der Waals surface area contributed by atoms with E-state index in [1.54, 1.807) is 0 Å². The van der Waals surface area contributed by atoms with Gasteiger partial charge in [-0.3, -0.25) is 4.90 Å². The zero-order valence-corrected chi connectivity index (χ0v) is 11.7. The monoisotopic (exact) mass is 303 g/mol. The Morgan fingerprint density at radius 3 is 2.12 bits per heavy atom. The van der Waals surface area contributed by atoms with E-state index < -0.39 is 11.0 Å². The molecule has 98 valence electrons. The van der Waals surface area contributed by atoms with Gasteiger partial charge in [-0.1, -0.05) is 35.7 Å². The van der Waals surface area contributed by atoms with Crippen molar-refractivity contribution in [2.45, 2.75) is 57.1 Å². The van der Waals surface area contributed by atoms with Crippen LogP contribution in [0.3, 0.4) is 0 Å². The second kappa shape index (κ2) is 7.54. The zero-order chi connectivity index (χ0) is 12.8.